The van der Waals surface area contributed by atoms with Crippen molar-refractivity contribution in [3.63, 3.8) is 0 Å². The van der Waals surface area contributed by atoms with Crippen LogP contribution in [0, 0.1) is 5.41 Å². The molecule has 46 heavy (non-hydrogen) atoms. The first-order valence-electron chi connectivity index (χ1n) is 14.6. The summed E-state index contributed by atoms with van der Waals surface area (Å²) in [4.78, 5) is 26.4. The summed E-state index contributed by atoms with van der Waals surface area (Å²) in [5.74, 6) is -1.85. The van der Waals surface area contributed by atoms with Gasteiger partial charge in [0.25, 0.3) is 16.0 Å². The van der Waals surface area contributed by atoms with Crippen molar-refractivity contribution in [1.82, 2.24) is 5.32 Å². The number of carbonyl (C=O) groups excluding carboxylic acids is 2. The molecule has 4 rings (SSSR count). The van der Waals surface area contributed by atoms with Crippen LogP contribution in [0.25, 0.3) is 17.2 Å². The lowest BCUT2D eigenvalue weighted by Gasteiger charge is -2.19. The van der Waals surface area contributed by atoms with Crippen molar-refractivity contribution >= 4 is 56.9 Å². The van der Waals surface area contributed by atoms with Crippen LogP contribution in [0.5, 0.6) is 0 Å². The van der Waals surface area contributed by atoms with Crippen LogP contribution in [0.2, 0.25) is 10.0 Å². The van der Waals surface area contributed by atoms with E-state index in [1.165, 1.54) is 0 Å². The number of hydrogen-bond acceptors (Lipinski definition) is 4. The van der Waals surface area contributed by atoms with Gasteiger partial charge in [0.2, 0.25) is 5.91 Å². The Kier molecular flexibility index (Phi) is 11.5. The molecule has 240 valence electrons. The molecule has 4 aromatic carbocycles. The molecule has 0 aliphatic carbocycles. The maximum Gasteiger partial charge on any atom is 0.266 e. The molecule has 4 aromatic rings. The first-order chi connectivity index (χ1) is 21.6. The number of nitrogens with one attached hydrogen (secondary N) is 2. The minimum absolute atomic E-state index is 0.0303. The van der Waals surface area contributed by atoms with E-state index in [0.717, 1.165) is 27.8 Å². The van der Waals surface area contributed by atoms with Crippen LogP contribution in [-0.4, -0.2) is 37.1 Å². The first-order valence-corrected chi connectivity index (χ1v) is 17.0. The second kappa shape index (κ2) is 15.1. The first kappa shape index (κ1) is 34.9. The molecule has 1 unspecified atom stereocenters. The molecule has 0 aliphatic rings. The molecular formula is C36H36Cl2N2O5S. The molecule has 7 nitrogen and oxygen atoms in total. The number of hydrogen-bond donors (Lipinski definition) is 3. The van der Waals surface area contributed by atoms with E-state index in [-0.39, 0.29) is 17.9 Å². The van der Waals surface area contributed by atoms with Gasteiger partial charge in [-0.3, -0.25) is 14.1 Å². The summed E-state index contributed by atoms with van der Waals surface area (Å²) >= 11 is 12.5. The standard InChI is InChI=1S/C36H36Cl2N2O5S/c1-36(2,3)17-16-24-4-8-27(9-5-24)33(20-25-6-10-28(11-7-25)34(41)39-18-19-46(43,44)45)35(42)40-32-22-29(21-31(38)23-32)26-12-14-30(37)15-13-26/h4-17,21-23,33H,18-20H2,1-3H3,(H,39,41)(H,40,42)(H,43,44,45). The molecule has 0 aromatic heterocycles. The van der Waals surface area contributed by atoms with E-state index in [1.54, 1.807) is 42.5 Å². The highest BCUT2D eigenvalue weighted by Gasteiger charge is 2.22. The maximum absolute atomic E-state index is 13.9. The monoisotopic (exact) mass is 678 g/mol. The summed E-state index contributed by atoms with van der Waals surface area (Å²) < 4.78 is 30.8. The predicted molar refractivity (Wildman–Crippen MR) is 187 cm³/mol. The highest BCUT2D eigenvalue weighted by molar-refractivity contribution is 7.85. The molecule has 1 atom stereocenters. The zero-order chi connectivity index (χ0) is 33.5. The van der Waals surface area contributed by atoms with Gasteiger partial charge in [0, 0.05) is 27.8 Å². The summed E-state index contributed by atoms with van der Waals surface area (Å²) in [5, 5.41) is 6.61. The average Bonchev–Trinajstić information content (AvgIpc) is 2.98. The van der Waals surface area contributed by atoms with Crippen LogP contribution >= 0.6 is 23.2 Å². The Morgan fingerprint density at radius 1 is 0.848 bits per heavy atom. The van der Waals surface area contributed by atoms with Gasteiger partial charge in [-0.1, -0.05) is 105 Å². The third-order valence-corrected chi connectivity index (χ3v) is 8.27. The van der Waals surface area contributed by atoms with Crippen molar-refractivity contribution in [3.05, 3.63) is 129 Å². The van der Waals surface area contributed by atoms with E-state index in [4.69, 9.17) is 27.8 Å². The number of rotatable bonds is 11. The predicted octanol–water partition coefficient (Wildman–Crippen LogP) is 8.30. The lowest BCUT2D eigenvalue weighted by molar-refractivity contribution is -0.117. The highest BCUT2D eigenvalue weighted by Crippen LogP contribution is 2.30. The Hall–Kier alpha value is -3.95. The molecule has 0 radical (unpaired) electrons. The number of halogens is 2. The summed E-state index contributed by atoms with van der Waals surface area (Å²) in [6, 6.07) is 27.3. The fraction of sp³-hybridized carbons (Fsp3) is 0.222. The third kappa shape index (κ3) is 10.8. The van der Waals surface area contributed by atoms with Crippen LogP contribution in [0.15, 0.2) is 97.1 Å². The Labute approximate surface area is 280 Å². The normalized spacial score (nSPS) is 12.6. The van der Waals surface area contributed by atoms with Crippen molar-refractivity contribution in [3.8, 4) is 11.1 Å². The van der Waals surface area contributed by atoms with Gasteiger partial charge in [-0.25, -0.2) is 0 Å². The van der Waals surface area contributed by atoms with Crippen LogP contribution in [0.1, 0.15) is 53.7 Å². The van der Waals surface area contributed by atoms with Crippen molar-refractivity contribution in [2.45, 2.75) is 33.1 Å². The Morgan fingerprint density at radius 2 is 1.50 bits per heavy atom. The molecule has 10 heteroatoms. The number of amides is 2. The second-order valence-corrected chi connectivity index (χ2v) is 14.5. The highest BCUT2D eigenvalue weighted by atomic mass is 35.5. The van der Waals surface area contributed by atoms with Gasteiger partial charge in [-0.05, 0) is 82.1 Å². The van der Waals surface area contributed by atoms with E-state index < -0.39 is 27.7 Å². The van der Waals surface area contributed by atoms with Gasteiger partial charge in [-0.2, -0.15) is 8.42 Å². The number of carbonyl (C=O) groups is 2. The SMILES string of the molecule is CC(C)(C)C=Cc1ccc(C(Cc2ccc(C(=O)NCCS(=O)(=O)O)cc2)C(=O)Nc2cc(Cl)cc(-c3ccc(Cl)cc3)c2)cc1. The summed E-state index contributed by atoms with van der Waals surface area (Å²) in [6.45, 7) is 6.16. The van der Waals surface area contributed by atoms with Crippen LogP contribution < -0.4 is 10.6 Å². The topological polar surface area (TPSA) is 113 Å². The van der Waals surface area contributed by atoms with Crippen LogP contribution in [0.3, 0.4) is 0 Å². The van der Waals surface area contributed by atoms with Crippen molar-refractivity contribution in [2.24, 2.45) is 5.41 Å². The molecular weight excluding hydrogens is 643 g/mol. The lowest BCUT2D eigenvalue weighted by Crippen LogP contribution is -2.28. The van der Waals surface area contributed by atoms with E-state index in [2.05, 4.69) is 43.6 Å². The zero-order valence-corrected chi connectivity index (χ0v) is 28.1. The maximum atomic E-state index is 13.9. The van der Waals surface area contributed by atoms with E-state index in [9.17, 15) is 18.0 Å². The molecule has 0 saturated heterocycles. The van der Waals surface area contributed by atoms with Gasteiger partial charge >= 0.3 is 0 Å². The summed E-state index contributed by atoms with van der Waals surface area (Å²) in [5.41, 5.74) is 5.29. The van der Waals surface area contributed by atoms with Gasteiger partial charge in [0.15, 0.2) is 0 Å². The quantitative estimate of drug-likeness (QED) is 0.138. The fourth-order valence-electron chi connectivity index (χ4n) is 4.67. The molecule has 0 saturated carbocycles. The zero-order valence-electron chi connectivity index (χ0n) is 25.8. The Balaban J connectivity index is 1.58. The molecule has 3 N–H and O–H groups in total. The van der Waals surface area contributed by atoms with Gasteiger partial charge < -0.3 is 10.6 Å². The van der Waals surface area contributed by atoms with E-state index >= 15 is 0 Å². The molecule has 0 spiro atoms. The number of allylic oxidation sites excluding steroid dienone is 1. The van der Waals surface area contributed by atoms with Gasteiger partial charge in [0.05, 0.1) is 11.7 Å². The minimum atomic E-state index is -4.18. The van der Waals surface area contributed by atoms with Gasteiger partial charge in [0.1, 0.15) is 0 Å². The summed E-state index contributed by atoms with van der Waals surface area (Å²) in [7, 11) is -4.18. The molecule has 0 fully saturated rings. The number of anilines is 1. The van der Waals surface area contributed by atoms with Crippen LogP contribution in [-0.2, 0) is 21.3 Å². The van der Waals surface area contributed by atoms with Crippen molar-refractivity contribution in [2.75, 3.05) is 17.6 Å². The second-order valence-electron chi connectivity index (χ2n) is 12.1. The summed E-state index contributed by atoms with van der Waals surface area (Å²) in [6.07, 6.45) is 4.53. The fourth-order valence-corrected chi connectivity index (χ4v) is 5.39. The van der Waals surface area contributed by atoms with E-state index in [0.29, 0.717) is 27.7 Å². The van der Waals surface area contributed by atoms with Crippen LogP contribution in [0.4, 0.5) is 5.69 Å². The van der Waals surface area contributed by atoms with E-state index in [1.807, 2.05) is 48.5 Å². The smallest absolute Gasteiger partial charge is 0.266 e. The molecule has 0 bridgehead atoms. The average molecular weight is 680 g/mol. The van der Waals surface area contributed by atoms with Gasteiger partial charge in [-0.15, -0.1) is 0 Å². The third-order valence-electron chi connectivity index (χ3n) is 7.08. The molecule has 0 aliphatic heterocycles. The van der Waals surface area contributed by atoms with Crippen molar-refractivity contribution < 1.29 is 22.6 Å². The Bertz CT molecular complexity index is 1810. The number of benzene rings is 4. The molecule has 0 heterocycles. The molecule has 2 amide bonds. The Morgan fingerprint density at radius 3 is 2.11 bits per heavy atom. The largest absolute Gasteiger partial charge is 0.351 e. The lowest BCUT2D eigenvalue weighted by atomic mass is 9.89. The minimum Gasteiger partial charge on any atom is -0.351 e. The van der Waals surface area contributed by atoms with Crippen molar-refractivity contribution in [1.29, 1.82) is 0 Å².